The lowest BCUT2D eigenvalue weighted by Crippen LogP contribution is -2.49. The summed E-state index contributed by atoms with van der Waals surface area (Å²) in [6.07, 6.45) is 0.598. The van der Waals surface area contributed by atoms with Crippen molar-refractivity contribution < 1.29 is 4.79 Å². The van der Waals surface area contributed by atoms with Crippen LogP contribution in [0, 0.1) is 0 Å². The topological polar surface area (TPSA) is 56.4 Å². The minimum atomic E-state index is -0.662. The predicted molar refractivity (Wildman–Crippen MR) is 103 cm³/mol. The van der Waals surface area contributed by atoms with Gasteiger partial charge in [0, 0.05) is 31.1 Å². The highest BCUT2D eigenvalue weighted by molar-refractivity contribution is 7.80. The van der Waals surface area contributed by atoms with Crippen molar-refractivity contribution in [3.8, 4) is 0 Å². The van der Waals surface area contributed by atoms with Crippen molar-refractivity contribution in [2.45, 2.75) is 12.1 Å². The molecule has 1 amide bonds. The Balaban J connectivity index is 2.00. The molecule has 1 saturated heterocycles. The number of hydrogen-bond acceptors (Lipinski definition) is 3. The average molecular weight is 375 g/mol. The van der Waals surface area contributed by atoms with Gasteiger partial charge < -0.3 is 10.2 Å². The number of rotatable bonds is 4. The maximum atomic E-state index is 12.3. The number of hydrogen-bond donors (Lipinski definition) is 3. The van der Waals surface area contributed by atoms with Crippen molar-refractivity contribution >= 4 is 34.8 Å². The molecule has 0 bridgehead atoms. The highest BCUT2D eigenvalue weighted by Gasteiger charge is 2.38. The Labute approximate surface area is 157 Å². The zero-order valence-electron chi connectivity index (χ0n) is 14.0. The number of hydrazine groups is 1. The van der Waals surface area contributed by atoms with Gasteiger partial charge in [0.1, 0.15) is 5.66 Å². The van der Waals surface area contributed by atoms with Gasteiger partial charge in [0.25, 0.3) is 5.91 Å². The monoisotopic (exact) mass is 374 g/mol. The second kappa shape index (κ2) is 7.00. The molecular formula is C18H19ClN4OS. The van der Waals surface area contributed by atoms with E-state index in [4.69, 9.17) is 23.8 Å². The molecule has 0 saturated carbocycles. The van der Waals surface area contributed by atoms with Crippen molar-refractivity contribution in [2.75, 3.05) is 14.1 Å². The number of nitrogens with one attached hydrogen (secondary N) is 3. The van der Waals surface area contributed by atoms with Crippen LogP contribution in [0.1, 0.15) is 21.5 Å². The molecule has 3 rings (SSSR count). The standard InChI is InChI=1S/C18H19ClN4OS/c1-23(2)16(24)13-6-4-7-14(10-13)18(20-17(25)21-22-18)11-12-5-3-8-15(19)9-12/h3-10,22H,11H2,1-2H3,(H2,20,21,25). The van der Waals surface area contributed by atoms with Gasteiger partial charge in [-0.1, -0.05) is 35.9 Å². The number of thiocarbonyl (C=S) groups is 1. The summed E-state index contributed by atoms with van der Waals surface area (Å²) in [7, 11) is 3.47. The maximum Gasteiger partial charge on any atom is 0.253 e. The van der Waals surface area contributed by atoms with Crippen molar-refractivity contribution in [1.82, 2.24) is 21.1 Å². The molecule has 1 aliphatic rings. The Bertz CT molecular complexity index is 826. The van der Waals surface area contributed by atoms with Gasteiger partial charge in [0.2, 0.25) is 0 Å². The summed E-state index contributed by atoms with van der Waals surface area (Å²) in [4.78, 5) is 13.9. The van der Waals surface area contributed by atoms with Gasteiger partial charge >= 0.3 is 0 Å². The fourth-order valence-electron chi connectivity index (χ4n) is 2.88. The van der Waals surface area contributed by atoms with Crippen LogP contribution >= 0.6 is 23.8 Å². The summed E-state index contributed by atoms with van der Waals surface area (Å²) in [5.74, 6) is -0.0479. The van der Waals surface area contributed by atoms with Crippen LogP contribution in [-0.2, 0) is 12.1 Å². The third-order valence-electron chi connectivity index (χ3n) is 4.08. The van der Waals surface area contributed by atoms with E-state index in [0.29, 0.717) is 22.1 Å². The summed E-state index contributed by atoms with van der Waals surface area (Å²) in [5.41, 5.74) is 8.10. The predicted octanol–water partition coefficient (Wildman–Crippen LogP) is 2.42. The van der Waals surface area contributed by atoms with E-state index in [2.05, 4.69) is 16.2 Å². The van der Waals surface area contributed by atoms with Crippen molar-refractivity contribution in [2.24, 2.45) is 0 Å². The normalized spacial score (nSPS) is 19.2. The van der Waals surface area contributed by atoms with Gasteiger partial charge in [-0.05, 0) is 47.6 Å². The lowest BCUT2D eigenvalue weighted by molar-refractivity contribution is 0.0827. The molecule has 0 aliphatic carbocycles. The van der Waals surface area contributed by atoms with Gasteiger partial charge in [-0.3, -0.25) is 10.2 Å². The fourth-order valence-corrected chi connectivity index (χ4v) is 3.32. The van der Waals surface area contributed by atoms with Gasteiger partial charge in [-0.2, -0.15) is 0 Å². The number of carbonyl (C=O) groups excluding carboxylic acids is 1. The second-order valence-corrected chi connectivity index (χ2v) is 7.04. The SMILES string of the molecule is CN(C)C(=O)c1cccc(C2(Cc3cccc(Cl)c3)NNC(=S)N2)c1. The van der Waals surface area contributed by atoms with Crippen molar-refractivity contribution in [3.05, 3.63) is 70.2 Å². The summed E-state index contributed by atoms with van der Waals surface area (Å²) in [6.45, 7) is 0. The summed E-state index contributed by atoms with van der Waals surface area (Å²) in [5, 5.41) is 4.47. The number of benzene rings is 2. The Hall–Kier alpha value is -2.15. The van der Waals surface area contributed by atoms with Crippen molar-refractivity contribution in [3.63, 3.8) is 0 Å². The van der Waals surface area contributed by atoms with Crippen molar-refractivity contribution in [1.29, 1.82) is 0 Å². The summed E-state index contributed by atoms with van der Waals surface area (Å²) >= 11 is 11.4. The van der Waals surface area contributed by atoms with Crippen LogP contribution in [0.15, 0.2) is 48.5 Å². The van der Waals surface area contributed by atoms with Gasteiger partial charge in [-0.15, -0.1) is 0 Å². The second-order valence-electron chi connectivity index (χ2n) is 6.20. The first-order valence-electron chi connectivity index (χ1n) is 7.82. The molecule has 0 aromatic heterocycles. The summed E-state index contributed by atoms with van der Waals surface area (Å²) in [6, 6.07) is 15.2. The first-order valence-corrected chi connectivity index (χ1v) is 8.60. The van der Waals surface area contributed by atoms with E-state index in [1.807, 2.05) is 42.5 Å². The molecule has 2 aromatic rings. The molecule has 3 N–H and O–H groups in total. The molecule has 1 atom stereocenters. The van der Waals surface area contributed by atoms with Gasteiger partial charge in [0.05, 0.1) is 0 Å². The molecule has 1 unspecified atom stereocenters. The molecule has 1 heterocycles. The molecule has 7 heteroatoms. The fraction of sp³-hybridized carbons (Fsp3) is 0.222. The highest BCUT2D eigenvalue weighted by Crippen LogP contribution is 2.27. The van der Waals surface area contributed by atoms with Crippen LogP contribution in [-0.4, -0.2) is 30.0 Å². The van der Waals surface area contributed by atoms with Crippen LogP contribution in [0.25, 0.3) is 0 Å². The van der Waals surface area contributed by atoms with Crippen LogP contribution in [0.5, 0.6) is 0 Å². The molecule has 130 valence electrons. The largest absolute Gasteiger partial charge is 0.345 e. The zero-order chi connectivity index (χ0) is 18.0. The molecule has 1 aliphatic heterocycles. The zero-order valence-corrected chi connectivity index (χ0v) is 15.5. The van der Waals surface area contributed by atoms with Gasteiger partial charge in [0.15, 0.2) is 5.11 Å². The molecule has 2 aromatic carbocycles. The first-order chi connectivity index (χ1) is 11.9. The van der Waals surface area contributed by atoms with E-state index >= 15 is 0 Å². The molecule has 1 fully saturated rings. The summed E-state index contributed by atoms with van der Waals surface area (Å²) < 4.78 is 0. The number of halogens is 1. The van der Waals surface area contributed by atoms with E-state index in [9.17, 15) is 4.79 Å². The number of nitrogens with zero attached hydrogens (tertiary/aromatic N) is 1. The number of carbonyl (C=O) groups is 1. The Morgan fingerprint density at radius 2 is 1.96 bits per heavy atom. The Morgan fingerprint density at radius 3 is 2.60 bits per heavy atom. The van der Waals surface area contributed by atoms with E-state index in [1.54, 1.807) is 25.1 Å². The highest BCUT2D eigenvalue weighted by atomic mass is 35.5. The third kappa shape index (κ3) is 3.76. The molecular weight excluding hydrogens is 356 g/mol. The lowest BCUT2D eigenvalue weighted by atomic mass is 9.91. The van der Waals surface area contributed by atoms with E-state index in [0.717, 1.165) is 11.1 Å². The quantitative estimate of drug-likeness (QED) is 0.717. The smallest absolute Gasteiger partial charge is 0.253 e. The van der Waals surface area contributed by atoms with E-state index < -0.39 is 5.66 Å². The molecule has 5 nitrogen and oxygen atoms in total. The number of amides is 1. The lowest BCUT2D eigenvalue weighted by Gasteiger charge is -2.30. The Kier molecular flexibility index (Phi) is 4.94. The first kappa shape index (κ1) is 17.7. The van der Waals surface area contributed by atoms with Crippen LogP contribution in [0.4, 0.5) is 0 Å². The third-order valence-corrected chi connectivity index (χ3v) is 4.52. The van der Waals surface area contributed by atoms with E-state index in [-0.39, 0.29) is 5.91 Å². The van der Waals surface area contributed by atoms with E-state index in [1.165, 1.54) is 0 Å². The van der Waals surface area contributed by atoms with Crippen LogP contribution < -0.4 is 16.2 Å². The molecule has 0 spiro atoms. The Morgan fingerprint density at radius 1 is 1.20 bits per heavy atom. The van der Waals surface area contributed by atoms with Crippen LogP contribution in [0.2, 0.25) is 5.02 Å². The van der Waals surface area contributed by atoms with Crippen LogP contribution in [0.3, 0.4) is 0 Å². The van der Waals surface area contributed by atoms with Gasteiger partial charge in [-0.25, -0.2) is 5.43 Å². The average Bonchev–Trinajstić information content (AvgIpc) is 2.96. The molecule has 0 radical (unpaired) electrons. The minimum absolute atomic E-state index is 0.0479. The minimum Gasteiger partial charge on any atom is -0.345 e. The molecule has 25 heavy (non-hydrogen) atoms. The maximum absolute atomic E-state index is 12.3.